The fourth-order valence-electron chi connectivity index (χ4n) is 5.25. The lowest BCUT2D eigenvalue weighted by Gasteiger charge is -2.37. The van der Waals surface area contributed by atoms with Crippen molar-refractivity contribution in [2.24, 2.45) is 0 Å². The molecule has 2 aromatic heterocycles. The molecular formula is C26H28N2O4S. The number of aromatic nitrogens is 1. The number of carboxylic acids is 1. The van der Waals surface area contributed by atoms with Gasteiger partial charge in [0.1, 0.15) is 17.0 Å². The van der Waals surface area contributed by atoms with E-state index in [9.17, 15) is 19.8 Å². The van der Waals surface area contributed by atoms with Gasteiger partial charge in [-0.1, -0.05) is 6.07 Å². The average Bonchev–Trinajstić information content (AvgIpc) is 3.35. The number of hydrogen-bond donors (Lipinski definition) is 2. The molecule has 0 bridgehead atoms. The molecule has 5 rings (SSSR count). The lowest BCUT2D eigenvalue weighted by Crippen LogP contribution is -2.47. The number of aromatic carboxylic acids is 1. The first-order valence-electron chi connectivity index (χ1n) is 11.4. The van der Waals surface area contributed by atoms with E-state index in [1.165, 1.54) is 0 Å². The summed E-state index contributed by atoms with van der Waals surface area (Å²) in [6.07, 6.45) is 3.37. The number of fused-ring (bicyclic) bond motifs is 5. The molecule has 33 heavy (non-hydrogen) atoms. The van der Waals surface area contributed by atoms with Crippen LogP contribution in [0.1, 0.15) is 65.6 Å². The number of amides is 1. The molecule has 0 saturated carbocycles. The Labute approximate surface area is 197 Å². The van der Waals surface area contributed by atoms with Gasteiger partial charge < -0.3 is 19.7 Å². The van der Waals surface area contributed by atoms with Crippen molar-refractivity contribution < 1.29 is 19.8 Å². The van der Waals surface area contributed by atoms with Gasteiger partial charge in [0.25, 0.3) is 5.91 Å². The van der Waals surface area contributed by atoms with Crippen LogP contribution in [0, 0.1) is 0 Å². The predicted octanol–water partition coefficient (Wildman–Crippen LogP) is 5.42. The molecule has 0 spiro atoms. The first kappa shape index (κ1) is 21.8. The van der Waals surface area contributed by atoms with Crippen LogP contribution < -0.4 is 0 Å². The van der Waals surface area contributed by atoms with Gasteiger partial charge in [-0.25, -0.2) is 4.79 Å². The van der Waals surface area contributed by atoms with Crippen molar-refractivity contribution in [3.8, 4) is 27.4 Å². The van der Waals surface area contributed by atoms with E-state index < -0.39 is 5.97 Å². The molecule has 2 aliphatic heterocycles. The SMILES string of the molecule is CC(C)(C)N1CCCCc2c(-c3cccs3)c3n(c2C1=O)CCc1cc(O)c(C(=O)O)cc1-3. The molecule has 0 aliphatic carbocycles. The van der Waals surface area contributed by atoms with Crippen LogP contribution in [0.2, 0.25) is 0 Å². The second-order valence-electron chi connectivity index (χ2n) is 9.85. The van der Waals surface area contributed by atoms with Crippen molar-refractivity contribution in [2.75, 3.05) is 6.54 Å². The van der Waals surface area contributed by atoms with Crippen LogP contribution in [-0.4, -0.2) is 43.6 Å². The van der Waals surface area contributed by atoms with Gasteiger partial charge in [-0.15, -0.1) is 11.3 Å². The minimum absolute atomic E-state index is 0.0435. The van der Waals surface area contributed by atoms with E-state index in [1.54, 1.807) is 23.5 Å². The van der Waals surface area contributed by atoms with Crippen molar-refractivity contribution in [1.29, 1.82) is 0 Å². The number of carboxylic acid groups (broad SMARTS) is 1. The molecule has 3 aromatic rings. The highest BCUT2D eigenvalue weighted by Crippen LogP contribution is 2.47. The van der Waals surface area contributed by atoms with Crippen molar-refractivity contribution in [3.05, 3.63) is 52.0 Å². The first-order valence-corrected chi connectivity index (χ1v) is 12.3. The summed E-state index contributed by atoms with van der Waals surface area (Å²) in [5.74, 6) is -1.33. The van der Waals surface area contributed by atoms with Gasteiger partial charge >= 0.3 is 5.97 Å². The van der Waals surface area contributed by atoms with Crippen LogP contribution in [-0.2, 0) is 19.4 Å². The highest BCUT2D eigenvalue weighted by Gasteiger charge is 2.37. The Hall–Kier alpha value is -3.06. The van der Waals surface area contributed by atoms with E-state index >= 15 is 0 Å². The second-order valence-corrected chi connectivity index (χ2v) is 10.8. The van der Waals surface area contributed by atoms with Crippen LogP contribution in [0.3, 0.4) is 0 Å². The zero-order chi connectivity index (χ0) is 23.5. The molecule has 4 heterocycles. The molecule has 6 nitrogen and oxygen atoms in total. The number of aryl methyl sites for hydroxylation is 1. The Morgan fingerprint density at radius 2 is 1.88 bits per heavy atom. The Morgan fingerprint density at radius 3 is 2.55 bits per heavy atom. The van der Waals surface area contributed by atoms with E-state index in [0.717, 1.165) is 64.3 Å². The molecule has 172 valence electrons. The lowest BCUT2D eigenvalue weighted by atomic mass is 9.91. The number of carbonyl (C=O) groups is 2. The molecule has 2 N–H and O–H groups in total. The lowest BCUT2D eigenvalue weighted by molar-refractivity contribution is 0.0558. The van der Waals surface area contributed by atoms with E-state index in [1.807, 2.05) is 16.3 Å². The molecule has 0 saturated heterocycles. The summed E-state index contributed by atoms with van der Waals surface area (Å²) in [7, 11) is 0. The van der Waals surface area contributed by atoms with Crippen molar-refractivity contribution in [1.82, 2.24) is 9.47 Å². The highest BCUT2D eigenvalue weighted by atomic mass is 32.1. The smallest absolute Gasteiger partial charge is 0.339 e. The maximum absolute atomic E-state index is 14.0. The van der Waals surface area contributed by atoms with Crippen molar-refractivity contribution in [3.63, 3.8) is 0 Å². The Morgan fingerprint density at radius 1 is 1.09 bits per heavy atom. The third-order valence-corrected chi connectivity index (χ3v) is 7.65. The number of phenols is 1. The number of carbonyl (C=O) groups excluding carboxylic acids is 1. The molecule has 2 aliphatic rings. The number of benzene rings is 1. The van der Waals surface area contributed by atoms with Crippen molar-refractivity contribution >= 4 is 23.2 Å². The van der Waals surface area contributed by atoms with Crippen LogP contribution in [0.4, 0.5) is 0 Å². The molecule has 0 atom stereocenters. The molecule has 1 amide bonds. The van der Waals surface area contributed by atoms with E-state index in [-0.39, 0.29) is 22.8 Å². The summed E-state index contributed by atoms with van der Waals surface area (Å²) >= 11 is 1.63. The highest BCUT2D eigenvalue weighted by molar-refractivity contribution is 7.13. The summed E-state index contributed by atoms with van der Waals surface area (Å²) in [6.45, 7) is 7.56. The van der Waals surface area contributed by atoms with Gasteiger partial charge in [-0.2, -0.15) is 0 Å². The van der Waals surface area contributed by atoms with Crippen LogP contribution in [0.15, 0.2) is 29.6 Å². The molecular weight excluding hydrogens is 436 g/mol. The number of thiophene rings is 1. The third-order valence-electron chi connectivity index (χ3n) is 6.76. The third kappa shape index (κ3) is 3.46. The molecule has 7 heteroatoms. The number of rotatable bonds is 2. The van der Waals surface area contributed by atoms with Gasteiger partial charge in [0.15, 0.2) is 0 Å². The minimum atomic E-state index is -1.16. The monoisotopic (exact) mass is 464 g/mol. The quantitative estimate of drug-likeness (QED) is 0.530. The Kier molecular flexibility index (Phi) is 5.12. The Bertz CT molecular complexity index is 1260. The molecule has 1 aromatic carbocycles. The summed E-state index contributed by atoms with van der Waals surface area (Å²) < 4.78 is 2.11. The van der Waals surface area contributed by atoms with Gasteiger partial charge in [-0.3, -0.25) is 4.79 Å². The normalized spacial score (nSPS) is 16.0. The molecule has 0 unspecified atom stereocenters. The maximum Gasteiger partial charge on any atom is 0.339 e. The molecule has 0 radical (unpaired) electrons. The molecule has 0 fully saturated rings. The van der Waals surface area contributed by atoms with Gasteiger partial charge in [0.2, 0.25) is 0 Å². The van der Waals surface area contributed by atoms with Crippen molar-refractivity contribution in [2.45, 2.75) is 58.5 Å². The fraction of sp³-hybridized carbons (Fsp3) is 0.385. The zero-order valence-electron chi connectivity index (χ0n) is 19.1. The largest absolute Gasteiger partial charge is 0.507 e. The topological polar surface area (TPSA) is 82.8 Å². The summed E-state index contributed by atoms with van der Waals surface area (Å²) in [5.41, 5.74) is 5.02. The average molecular weight is 465 g/mol. The number of aromatic hydroxyl groups is 1. The maximum atomic E-state index is 14.0. The zero-order valence-corrected chi connectivity index (χ0v) is 20.0. The van der Waals surface area contributed by atoms with Gasteiger partial charge in [0, 0.05) is 34.6 Å². The van der Waals surface area contributed by atoms with Gasteiger partial charge in [-0.05, 0) is 81.2 Å². The minimum Gasteiger partial charge on any atom is -0.507 e. The second kappa shape index (κ2) is 7.76. The summed E-state index contributed by atoms with van der Waals surface area (Å²) in [5, 5.41) is 22.0. The predicted molar refractivity (Wildman–Crippen MR) is 129 cm³/mol. The van der Waals surface area contributed by atoms with E-state index in [0.29, 0.717) is 13.0 Å². The van der Waals surface area contributed by atoms with Crippen LogP contribution >= 0.6 is 11.3 Å². The summed E-state index contributed by atoms with van der Waals surface area (Å²) in [4.78, 5) is 28.9. The first-order chi connectivity index (χ1) is 15.7. The fourth-order valence-corrected chi connectivity index (χ4v) is 6.05. The number of nitrogens with zero attached hydrogens (tertiary/aromatic N) is 2. The Balaban J connectivity index is 1.84. The van der Waals surface area contributed by atoms with E-state index in [4.69, 9.17) is 0 Å². The van der Waals surface area contributed by atoms with Crippen LogP contribution in [0.5, 0.6) is 5.75 Å². The van der Waals surface area contributed by atoms with E-state index in [2.05, 4.69) is 31.4 Å². The standard InChI is InChI=1S/C26H28N2O4S/c1-26(2,3)28-10-5-4-7-16-21(20-8-6-12-33-20)22-17-14-18(25(31)32)19(29)13-15(17)9-11-27(22)23(16)24(28)30/h6,8,12-14,29H,4-5,7,9-11H2,1-3H3,(H,31,32). The number of hydrogen-bond acceptors (Lipinski definition) is 4. The summed E-state index contributed by atoms with van der Waals surface area (Å²) in [6, 6.07) is 7.23. The van der Waals surface area contributed by atoms with Crippen LogP contribution in [0.25, 0.3) is 21.7 Å². The van der Waals surface area contributed by atoms with Gasteiger partial charge in [0.05, 0.1) is 5.69 Å².